The Morgan fingerprint density at radius 3 is 3.00 bits per heavy atom. The largest absolute Gasteiger partial charge is 0.310 e. The predicted molar refractivity (Wildman–Crippen MR) is 45.0 cm³/mol. The van der Waals surface area contributed by atoms with Crippen LogP contribution in [0.25, 0.3) is 5.70 Å². The van der Waals surface area contributed by atoms with Crippen LogP contribution in [0.3, 0.4) is 0 Å². The first-order valence-corrected chi connectivity index (χ1v) is 4.14. The van der Waals surface area contributed by atoms with E-state index in [1.807, 2.05) is 18.7 Å². The minimum atomic E-state index is 1.20. The van der Waals surface area contributed by atoms with Gasteiger partial charge in [-0.2, -0.15) is 0 Å². The molecule has 0 saturated heterocycles. The lowest BCUT2D eigenvalue weighted by Crippen LogP contribution is -1.97. The molecule has 58 valence electrons. The van der Waals surface area contributed by atoms with Crippen molar-refractivity contribution in [2.24, 2.45) is 0 Å². The number of nitrogens with zero attached hydrogens (tertiary/aromatic N) is 2. The summed E-state index contributed by atoms with van der Waals surface area (Å²) in [7, 11) is 0. The average Bonchev–Trinajstić information content (AvgIpc) is 2.58. The van der Waals surface area contributed by atoms with Gasteiger partial charge in [0.25, 0.3) is 0 Å². The summed E-state index contributed by atoms with van der Waals surface area (Å²) in [6.45, 7) is 0. The second-order valence-corrected chi connectivity index (χ2v) is 2.91. The Labute approximate surface area is 66.6 Å². The zero-order valence-corrected chi connectivity index (χ0v) is 6.53. The van der Waals surface area contributed by atoms with E-state index in [0.717, 1.165) is 0 Å². The lowest BCUT2D eigenvalue weighted by atomic mass is 10.1. The summed E-state index contributed by atoms with van der Waals surface area (Å²) in [5, 5.41) is 0. The van der Waals surface area contributed by atoms with Gasteiger partial charge in [-0.25, -0.2) is 4.98 Å². The van der Waals surface area contributed by atoms with Crippen molar-refractivity contribution in [1.82, 2.24) is 9.55 Å². The van der Waals surface area contributed by atoms with E-state index in [4.69, 9.17) is 0 Å². The fourth-order valence-corrected chi connectivity index (χ4v) is 1.48. The highest BCUT2D eigenvalue weighted by Gasteiger charge is 2.03. The molecule has 0 amide bonds. The maximum atomic E-state index is 4.02. The second kappa shape index (κ2) is 2.91. The Balaban J connectivity index is 2.22. The number of hydrogen-bond donors (Lipinski definition) is 0. The molecule has 1 aromatic heterocycles. The lowest BCUT2D eigenvalue weighted by Gasteiger charge is -2.12. The van der Waals surface area contributed by atoms with Crippen LogP contribution in [0.2, 0.25) is 0 Å². The third kappa shape index (κ3) is 1.34. The Kier molecular flexibility index (Phi) is 1.76. The Hall–Kier alpha value is -1.05. The molecule has 0 radical (unpaired) electrons. The van der Waals surface area contributed by atoms with Crippen molar-refractivity contribution in [1.29, 1.82) is 0 Å². The van der Waals surface area contributed by atoms with Gasteiger partial charge in [-0.15, -0.1) is 0 Å². The summed E-state index contributed by atoms with van der Waals surface area (Å²) < 4.78 is 2.11. The van der Waals surface area contributed by atoms with Gasteiger partial charge in [0.05, 0.1) is 6.33 Å². The molecule has 0 saturated carbocycles. The monoisotopic (exact) mass is 148 g/mol. The third-order valence-electron chi connectivity index (χ3n) is 2.10. The maximum absolute atomic E-state index is 4.02. The number of hydrogen-bond acceptors (Lipinski definition) is 1. The van der Waals surface area contributed by atoms with Crippen molar-refractivity contribution in [3.63, 3.8) is 0 Å². The fourth-order valence-electron chi connectivity index (χ4n) is 1.48. The molecule has 2 nitrogen and oxygen atoms in total. The van der Waals surface area contributed by atoms with Crippen molar-refractivity contribution in [2.45, 2.75) is 25.7 Å². The number of rotatable bonds is 1. The van der Waals surface area contributed by atoms with Gasteiger partial charge in [-0.1, -0.05) is 6.08 Å². The smallest absolute Gasteiger partial charge is 0.0989 e. The van der Waals surface area contributed by atoms with E-state index in [1.54, 1.807) is 0 Å². The Morgan fingerprint density at radius 2 is 2.36 bits per heavy atom. The second-order valence-electron chi connectivity index (χ2n) is 2.91. The van der Waals surface area contributed by atoms with E-state index in [0.29, 0.717) is 0 Å². The van der Waals surface area contributed by atoms with E-state index in [-0.39, 0.29) is 0 Å². The van der Waals surface area contributed by atoms with Crippen LogP contribution in [0, 0.1) is 0 Å². The molecule has 0 N–H and O–H groups in total. The van der Waals surface area contributed by atoms with Crippen LogP contribution < -0.4 is 0 Å². The quantitative estimate of drug-likeness (QED) is 0.597. The first-order chi connectivity index (χ1) is 5.47. The van der Waals surface area contributed by atoms with Crippen LogP contribution in [0.1, 0.15) is 25.7 Å². The van der Waals surface area contributed by atoms with Crippen LogP contribution in [-0.2, 0) is 0 Å². The topological polar surface area (TPSA) is 17.8 Å². The molecular formula is C9H12N2. The van der Waals surface area contributed by atoms with Crippen molar-refractivity contribution in [2.75, 3.05) is 0 Å². The zero-order valence-electron chi connectivity index (χ0n) is 6.53. The third-order valence-corrected chi connectivity index (χ3v) is 2.10. The summed E-state index contributed by atoms with van der Waals surface area (Å²) in [6.07, 6.45) is 13.1. The van der Waals surface area contributed by atoms with Crippen molar-refractivity contribution >= 4 is 5.70 Å². The Morgan fingerprint density at radius 1 is 1.36 bits per heavy atom. The van der Waals surface area contributed by atoms with Crippen LogP contribution in [-0.4, -0.2) is 9.55 Å². The summed E-state index contributed by atoms with van der Waals surface area (Å²) in [5.74, 6) is 0. The molecule has 0 aliphatic heterocycles. The molecule has 0 atom stereocenters. The molecule has 0 aromatic carbocycles. The molecule has 1 aromatic rings. The highest BCUT2D eigenvalue weighted by molar-refractivity contribution is 5.45. The minimum Gasteiger partial charge on any atom is -0.310 e. The first kappa shape index (κ1) is 6.65. The summed E-state index contributed by atoms with van der Waals surface area (Å²) in [6, 6.07) is 0. The fraction of sp³-hybridized carbons (Fsp3) is 0.444. The maximum Gasteiger partial charge on any atom is 0.0989 e. The highest BCUT2D eigenvalue weighted by Crippen LogP contribution is 2.20. The minimum absolute atomic E-state index is 1.20. The van der Waals surface area contributed by atoms with Crippen LogP contribution >= 0.6 is 0 Å². The molecule has 2 heteroatoms. The molecule has 0 unspecified atom stereocenters. The van der Waals surface area contributed by atoms with E-state index in [1.165, 1.54) is 31.4 Å². The highest BCUT2D eigenvalue weighted by atomic mass is 15.0. The SMILES string of the molecule is C1=C(n2ccnc2)CCCC1. The zero-order chi connectivity index (χ0) is 7.52. The van der Waals surface area contributed by atoms with Gasteiger partial charge in [-0.05, 0) is 25.7 Å². The molecular weight excluding hydrogens is 136 g/mol. The molecule has 1 aliphatic rings. The lowest BCUT2D eigenvalue weighted by molar-refractivity contribution is 0.717. The van der Waals surface area contributed by atoms with Gasteiger partial charge in [0.15, 0.2) is 0 Å². The number of imidazole rings is 1. The summed E-state index contributed by atoms with van der Waals surface area (Å²) in [4.78, 5) is 4.02. The molecule has 0 bridgehead atoms. The van der Waals surface area contributed by atoms with Gasteiger partial charge in [0, 0.05) is 18.1 Å². The standard InChI is InChI=1S/C9H12N2/c1-2-4-9(5-3-1)11-7-6-10-8-11/h4,6-8H,1-3,5H2. The number of allylic oxidation sites excluding steroid dienone is 2. The van der Waals surface area contributed by atoms with E-state index >= 15 is 0 Å². The van der Waals surface area contributed by atoms with Crippen molar-refractivity contribution < 1.29 is 0 Å². The first-order valence-electron chi connectivity index (χ1n) is 4.14. The summed E-state index contributed by atoms with van der Waals surface area (Å²) in [5.41, 5.74) is 1.41. The predicted octanol–water partition coefficient (Wildman–Crippen LogP) is 2.30. The van der Waals surface area contributed by atoms with Crippen molar-refractivity contribution in [3.05, 3.63) is 24.8 Å². The van der Waals surface area contributed by atoms with Crippen molar-refractivity contribution in [3.8, 4) is 0 Å². The average molecular weight is 148 g/mol. The van der Waals surface area contributed by atoms with E-state index in [9.17, 15) is 0 Å². The molecule has 2 rings (SSSR count). The van der Waals surface area contributed by atoms with Gasteiger partial charge in [-0.3, -0.25) is 0 Å². The van der Waals surface area contributed by atoms with Crippen LogP contribution in [0.5, 0.6) is 0 Å². The summed E-state index contributed by atoms with van der Waals surface area (Å²) >= 11 is 0. The molecule has 1 heterocycles. The van der Waals surface area contributed by atoms with E-state index in [2.05, 4.69) is 15.6 Å². The normalized spacial score (nSPS) is 18.0. The molecule has 11 heavy (non-hydrogen) atoms. The van der Waals surface area contributed by atoms with Crippen LogP contribution in [0.15, 0.2) is 24.8 Å². The van der Waals surface area contributed by atoms with Gasteiger partial charge >= 0.3 is 0 Å². The number of aromatic nitrogens is 2. The Bertz CT molecular complexity index is 247. The van der Waals surface area contributed by atoms with Crippen LogP contribution in [0.4, 0.5) is 0 Å². The van der Waals surface area contributed by atoms with Gasteiger partial charge in [0.2, 0.25) is 0 Å². The molecule has 0 spiro atoms. The van der Waals surface area contributed by atoms with E-state index < -0.39 is 0 Å². The molecule has 0 fully saturated rings. The van der Waals surface area contributed by atoms with Gasteiger partial charge in [0.1, 0.15) is 0 Å². The van der Waals surface area contributed by atoms with Gasteiger partial charge < -0.3 is 4.57 Å². The molecule has 1 aliphatic carbocycles.